The van der Waals surface area contributed by atoms with Gasteiger partial charge in [0.15, 0.2) is 5.82 Å². The van der Waals surface area contributed by atoms with Gasteiger partial charge in [0.1, 0.15) is 10.7 Å². The topological polar surface area (TPSA) is 85.8 Å². The zero-order chi connectivity index (χ0) is 19.7. The number of nitrogens with zero attached hydrogens (tertiary/aromatic N) is 4. The van der Waals surface area contributed by atoms with Crippen molar-refractivity contribution in [3.05, 3.63) is 64.0 Å². The summed E-state index contributed by atoms with van der Waals surface area (Å²) in [6.45, 7) is 4.04. The van der Waals surface area contributed by atoms with Crippen LogP contribution in [0.25, 0.3) is 0 Å². The minimum atomic E-state index is -0.619. The molecule has 146 valence electrons. The standard InChI is InChI=1S/C20H22ClN5O2/c1-13-16(17(21)26(24-13)12-15-8-4-3-5-9-15)18(27)23-20(10-6-7-11-20)19-22-14(2)28-25-19/h3-5,8-9H,6-7,10-12H2,1-2H3,(H,23,27). The van der Waals surface area contributed by atoms with Crippen molar-refractivity contribution in [1.29, 1.82) is 0 Å². The number of amides is 1. The number of carbonyl (C=O) groups is 1. The summed E-state index contributed by atoms with van der Waals surface area (Å²) in [5.74, 6) is 0.757. The third kappa shape index (κ3) is 3.42. The number of carbonyl (C=O) groups excluding carboxylic acids is 1. The largest absolute Gasteiger partial charge is 0.340 e. The summed E-state index contributed by atoms with van der Waals surface area (Å²) >= 11 is 6.55. The Morgan fingerprint density at radius 1 is 1.25 bits per heavy atom. The first kappa shape index (κ1) is 18.7. The highest BCUT2D eigenvalue weighted by atomic mass is 35.5. The summed E-state index contributed by atoms with van der Waals surface area (Å²) in [4.78, 5) is 17.5. The number of nitrogens with one attached hydrogen (secondary N) is 1. The number of hydrogen-bond acceptors (Lipinski definition) is 5. The van der Waals surface area contributed by atoms with Crippen LogP contribution in [-0.2, 0) is 12.1 Å². The first-order valence-electron chi connectivity index (χ1n) is 9.39. The van der Waals surface area contributed by atoms with Gasteiger partial charge >= 0.3 is 0 Å². The van der Waals surface area contributed by atoms with Crippen LogP contribution in [0.15, 0.2) is 34.9 Å². The fourth-order valence-corrected chi connectivity index (χ4v) is 4.15. The van der Waals surface area contributed by atoms with Gasteiger partial charge in [-0.1, -0.05) is 59.9 Å². The van der Waals surface area contributed by atoms with Crippen LogP contribution in [0.4, 0.5) is 0 Å². The lowest BCUT2D eigenvalue weighted by Gasteiger charge is -2.26. The molecule has 7 nitrogen and oxygen atoms in total. The maximum Gasteiger partial charge on any atom is 0.257 e. The molecule has 0 spiro atoms. The van der Waals surface area contributed by atoms with Crippen LogP contribution in [0.2, 0.25) is 5.15 Å². The van der Waals surface area contributed by atoms with Crippen molar-refractivity contribution in [3.63, 3.8) is 0 Å². The Morgan fingerprint density at radius 2 is 1.96 bits per heavy atom. The maximum absolute atomic E-state index is 13.2. The second-order valence-corrected chi connectivity index (χ2v) is 7.63. The lowest BCUT2D eigenvalue weighted by molar-refractivity contribution is 0.0891. The molecule has 1 aliphatic rings. The van der Waals surface area contributed by atoms with Crippen molar-refractivity contribution in [3.8, 4) is 0 Å². The first-order chi connectivity index (χ1) is 13.5. The molecule has 4 rings (SSSR count). The SMILES string of the molecule is Cc1nc(C2(NC(=O)c3c(C)nn(Cc4ccccc4)c3Cl)CCCC2)no1. The molecule has 0 unspecified atom stereocenters. The Morgan fingerprint density at radius 3 is 2.61 bits per heavy atom. The highest BCUT2D eigenvalue weighted by molar-refractivity contribution is 6.33. The molecular formula is C20H22ClN5O2. The van der Waals surface area contributed by atoms with E-state index in [1.165, 1.54) is 0 Å². The highest BCUT2D eigenvalue weighted by Crippen LogP contribution is 2.38. The molecule has 28 heavy (non-hydrogen) atoms. The normalized spacial score (nSPS) is 15.7. The zero-order valence-corrected chi connectivity index (χ0v) is 16.7. The molecule has 1 saturated carbocycles. The Kier molecular flexibility index (Phi) is 4.93. The Balaban J connectivity index is 1.61. The Hall–Kier alpha value is -2.67. The van der Waals surface area contributed by atoms with Gasteiger partial charge in [-0.15, -0.1) is 0 Å². The van der Waals surface area contributed by atoms with E-state index < -0.39 is 5.54 Å². The summed E-state index contributed by atoms with van der Waals surface area (Å²) in [5.41, 5.74) is 1.43. The second-order valence-electron chi connectivity index (χ2n) is 7.27. The average Bonchev–Trinajstić information content (AvgIpc) is 3.37. The fraction of sp³-hybridized carbons (Fsp3) is 0.400. The number of aromatic nitrogens is 4. The molecule has 2 heterocycles. The Bertz CT molecular complexity index is 989. The van der Waals surface area contributed by atoms with E-state index in [1.54, 1.807) is 18.5 Å². The van der Waals surface area contributed by atoms with Crippen molar-refractivity contribution < 1.29 is 9.32 Å². The van der Waals surface area contributed by atoms with E-state index in [1.807, 2.05) is 30.3 Å². The minimum absolute atomic E-state index is 0.258. The quantitative estimate of drug-likeness (QED) is 0.705. The van der Waals surface area contributed by atoms with Crippen molar-refractivity contribution in [2.75, 3.05) is 0 Å². The molecule has 8 heteroatoms. The van der Waals surface area contributed by atoms with Crippen LogP contribution in [0.3, 0.4) is 0 Å². The van der Waals surface area contributed by atoms with Crippen LogP contribution in [0.5, 0.6) is 0 Å². The maximum atomic E-state index is 13.2. The van der Waals surface area contributed by atoms with E-state index in [-0.39, 0.29) is 5.91 Å². The molecule has 1 amide bonds. The molecule has 0 aliphatic heterocycles. The van der Waals surface area contributed by atoms with E-state index >= 15 is 0 Å². The van der Waals surface area contributed by atoms with Gasteiger partial charge in [0.2, 0.25) is 5.89 Å². The predicted octanol–water partition coefficient (Wildman–Crippen LogP) is 3.78. The van der Waals surface area contributed by atoms with E-state index in [0.29, 0.717) is 34.7 Å². The van der Waals surface area contributed by atoms with Gasteiger partial charge in [0, 0.05) is 6.92 Å². The van der Waals surface area contributed by atoms with E-state index in [0.717, 1.165) is 31.2 Å². The predicted molar refractivity (Wildman–Crippen MR) is 104 cm³/mol. The summed E-state index contributed by atoms with van der Waals surface area (Å²) in [7, 11) is 0. The first-order valence-corrected chi connectivity index (χ1v) is 9.76. The van der Waals surface area contributed by atoms with Crippen molar-refractivity contribution in [2.45, 2.75) is 51.6 Å². The zero-order valence-electron chi connectivity index (χ0n) is 15.9. The molecule has 3 aromatic rings. The molecule has 0 saturated heterocycles. The van der Waals surface area contributed by atoms with Crippen molar-refractivity contribution in [1.82, 2.24) is 25.2 Å². The number of benzene rings is 1. The second kappa shape index (κ2) is 7.39. The molecule has 1 N–H and O–H groups in total. The molecule has 1 aromatic carbocycles. The molecule has 1 aliphatic carbocycles. The average molecular weight is 400 g/mol. The van der Waals surface area contributed by atoms with Gasteiger partial charge in [0.05, 0.1) is 17.8 Å². The third-order valence-electron chi connectivity index (χ3n) is 5.23. The molecule has 2 aromatic heterocycles. The fourth-order valence-electron chi connectivity index (χ4n) is 3.83. The van der Waals surface area contributed by atoms with Crippen molar-refractivity contribution >= 4 is 17.5 Å². The third-order valence-corrected chi connectivity index (χ3v) is 5.62. The molecule has 0 bridgehead atoms. The summed E-state index contributed by atoms with van der Waals surface area (Å²) in [5, 5.41) is 12.0. The number of rotatable bonds is 5. The minimum Gasteiger partial charge on any atom is -0.340 e. The highest BCUT2D eigenvalue weighted by Gasteiger charge is 2.42. The van der Waals surface area contributed by atoms with Gasteiger partial charge in [-0.05, 0) is 25.3 Å². The monoisotopic (exact) mass is 399 g/mol. The van der Waals surface area contributed by atoms with E-state index in [9.17, 15) is 4.79 Å². The molecule has 0 radical (unpaired) electrons. The summed E-state index contributed by atoms with van der Waals surface area (Å²) in [6, 6.07) is 9.88. The number of aryl methyl sites for hydroxylation is 2. The van der Waals surface area contributed by atoms with Crippen LogP contribution in [0.1, 0.15) is 59.0 Å². The van der Waals surface area contributed by atoms with Gasteiger partial charge < -0.3 is 9.84 Å². The molecule has 1 fully saturated rings. The van der Waals surface area contributed by atoms with Crippen LogP contribution >= 0.6 is 11.6 Å². The van der Waals surface area contributed by atoms with Gasteiger partial charge in [0.25, 0.3) is 5.91 Å². The Labute approximate surface area is 168 Å². The lowest BCUT2D eigenvalue weighted by Crippen LogP contribution is -2.44. The van der Waals surface area contributed by atoms with Crippen LogP contribution in [0, 0.1) is 13.8 Å². The van der Waals surface area contributed by atoms with Crippen molar-refractivity contribution in [2.24, 2.45) is 0 Å². The lowest BCUT2D eigenvalue weighted by atomic mass is 9.96. The van der Waals surface area contributed by atoms with E-state index in [2.05, 4.69) is 20.6 Å². The van der Waals surface area contributed by atoms with Gasteiger partial charge in [-0.2, -0.15) is 10.1 Å². The van der Waals surface area contributed by atoms with Gasteiger partial charge in [-0.25, -0.2) is 4.68 Å². The van der Waals surface area contributed by atoms with Crippen LogP contribution in [-0.4, -0.2) is 25.8 Å². The van der Waals surface area contributed by atoms with Gasteiger partial charge in [-0.3, -0.25) is 4.79 Å². The molecular weight excluding hydrogens is 378 g/mol. The van der Waals surface area contributed by atoms with Crippen LogP contribution < -0.4 is 5.32 Å². The number of hydrogen-bond donors (Lipinski definition) is 1. The summed E-state index contributed by atoms with van der Waals surface area (Å²) in [6.07, 6.45) is 3.53. The summed E-state index contributed by atoms with van der Waals surface area (Å²) < 4.78 is 6.81. The molecule has 0 atom stereocenters. The number of halogens is 1. The smallest absolute Gasteiger partial charge is 0.257 e. The van der Waals surface area contributed by atoms with E-state index in [4.69, 9.17) is 16.1 Å².